The number of hydrogen-bond acceptors (Lipinski definition) is 5. The van der Waals surface area contributed by atoms with E-state index in [1.807, 2.05) is 0 Å². The molecule has 0 N–H and O–H groups in total. The standard InChI is InChI=1S/C22H30F4O5/c1-2-3-15-10-27-20(28-11-15)7-5-16-12-29-19(30-13-16)6-4-14-8-17(23)21(18(24)9-14)31-22(25)26/h8-9,15-16,19-20,22H,2-7,10-13H2,1H3/t15-,16-,19-,20-. The molecular weight excluding hydrogens is 420 g/mol. The Hall–Kier alpha value is -1.42. The largest absolute Gasteiger partial charge is 0.429 e. The molecule has 2 aliphatic heterocycles. The lowest BCUT2D eigenvalue weighted by atomic mass is 10.0. The number of hydrogen-bond donors (Lipinski definition) is 0. The van der Waals surface area contributed by atoms with Crippen LogP contribution < -0.4 is 4.74 Å². The van der Waals surface area contributed by atoms with Gasteiger partial charge in [0, 0.05) is 18.3 Å². The van der Waals surface area contributed by atoms with E-state index in [-0.39, 0.29) is 18.6 Å². The Balaban J connectivity index is 1.34. The molecule has 176 valence electrons. The summed E-state index contributed by atoms with van der Waals surface area (Å²) < 4.78 is 78.9. The fourth-order valence-corrected chi connectivity index (χ4v) is 3.86. The van der Waals surface area contributed by atoms with Crippen molar-refractivity contribution in [2.75, 3.05) is 26.4 Å². The predicted octanol–water partition coefficient (Wildman–Crippen LogP) is 5.06. The summed E-state index contributed by atoms with van der Waals surface area (Å²) >= 11 is 0. The van der Waals surface area contributed by atoms with Crippen LogP contribution in [0.4, 0.5) is 17.6 Å². The van der Waals surface area contributed by atoms with Gasteiger partial charge in [0.25, 0.3) is 0 Å². The zero-order valence-corrected chi connectivity index (χ0v) is 17.7. The Bertz CT molecular complexity index is 651. The molecule has 0 spiro atoms. The van der Waals surface area contributed by atoms with E-state index in [4.69, 9.17) is 18.9 Å². The van der Waals surface area contributed by atoms with E-state index in [1.54, 1.807) is 0 Å². The number of ether oxygens (including phenoxy) is 5. The maximum Gasteiger partial charge on any atom is 0.387 e. The summed E-state index contributed by atoms with van der Waals surface area (Å²) in [6.07, 6.45) is 3.91. The van der Waals surface area contributed by atoms with Crippen molar-refractivity contribution in [1.29, 1.82) is 0 Å². The molecule has 31 heavy (non-hydrogen) atoms. The minimum atomic E-state index is -3.29. The Labute approximate surface area is 179 Å². The van der Waals surface area contributed by atoms with Crippen LogP contribution in [0.5, 0.6) is 5.75 Å². The van der Waals surface area contributed by atoms with Gasteiger partial charge in [-0.25, -0.2) is 8.78 Å². The highest BCUT2D eigenvalue weighted by Crippen LogP contribution is 2.27. The van der Waals surface area contributed by atoms with Crippen LogP contribution in [-0.2, 0) is 25.4 Å². The summed E-state index contributed by atoms with van der Waals surface area (Å²) in [6.45, 7) is 1.41. The summed E-state index contributed by atoms with van der Waals surface area (Å²) in [5, 5.41) is 0. The van der Waals surface area contributed by atoms with Gasteiger partial charge in [-0.2, -0.15) is 8.78 Å². The third-order valence-corrected chi connectivity index (χ3v) is 5.51. The molecule has 1 aromatic rings. The van der Waals surface area contributed by atoms with Crippen molar-refractivity contribution in [2.24, 2.45) is 11.8 Å². The first-order valence-corrected chi connectivity index (χ1v) is 10.8. The van der Waals surface area contributed by atoms with Crippen molar-refractivity contribution in [1.82, 2.24) is 0 Å². The van der Waals surface area contributed by atoms with Gasteiger partial charge in [-0.1, -0.05) is 13.3 Å². The van der Waals surface area contributed by atoms with Crippen molar-refractivity contribution in [3.63, 3.8) is 0 Å². The second-order valence-corrected chi connectivity index (χ2v) is 8.10. The first kappa shape index (κ1) is 24.2. The van der Waals surface area contributed by atoms with Crippen molar-refractivity contribution < 1.29 is 41.2 Å². The molecule has 5 nitrogen and oxygen atoms in total. The Morgan fingerprint density at radius 1 is 0.839 bits per heavy atom. The van der Waals surface area contributed by atoms with Crippen molar-refractivity contribution in [3.05, 3.63) is 29.3 Å². The van der Waals surface area contributed by atoms with E-state index in [1.165, 1.54) is 0 Å². The molecule has 0 amide bonds. The van der Waals surface area contributed by atoms with Gasteiger partial charge in [-0.05, 0) is 43.4 Å². The minimum Gasteiger partial charge on any atom is -0.429 e. The van der Waals surface area contributed by atoms with Crippen LogP contribution >= 0.6 is 0 Å². The number of rotatable bonds is 10. The van der Waals surface area contributed by atoms with Crippen LogP contribution in [0, 0.1) is 23.5 Å². The van der Waals surface area contributed by atoms with Crippen LogP contribution in [0.25, 0.3) is 0 Å². The summed E-state index contributed by atoms with van der Waals surface area (Å²) in [5.74, 6) is -2.67. The van der Waals surface area contributed by atoms with Crippen LogP contribution in [0.2, 0.25) is 0 Å². The maximum atomic E-state index is 13.8. The van der Waals surface area contributed by atoms with Gasteiger partial charge >= 0.3 is 6.61 Å². The van der Waals surface area contributed by atoms with Crippen LogP contribution in [0.3, 0.4) is 0 Å². The highest BCUT2D eigenvalue weighted by Gasteiger charge is 2.26. The third-order valence-electron chi connectivity index (χ3n) is 5.51. The fraction of sp³-hybridized carbons (Fsp3) is 0.727. The van der Waals surface area contributed by atoms with Gasteiger partial charge in [0.1, 0.15) is 0 Å². The molecule has 2 aliphatic rings. The zero-order valence-electron chi connectivity index (χ0n) is 17.7. The molecular formula is C22H30F4O5. The van der Waals surface area contributed by atoms with Crippen molar-refractivity contribution >= 4 is 0 Å². The lowest BCUT2D eigenvalue weighted by Gasteiger charge is -2.32. The molecule has 1 aromatic carbocycles. The second kappa shape index (κ2) is 12.0. The van der Waals surface area contributed by atoms with Gasteiger partial charge < -0.3 is 23.7 Å². The average Bonchev–Trinajstić information content (AvgIpc) is 2.75. The number of halogens is 4. The van der Waals surface area contributed by atoms with E-state index in [9.17, 15) is 17.6 Å². The van der Waals surface area contributed by atoms with Gasteiger partial charge in [-0.3, -0.25) is 0 Å². The minimum absolute atomic E-state index is 0.173. The van der Waals surface area contributed by atoms with Gasteiger partial charge in [-0.15, -0.1) is 0 Å². The van der Waals surface area contributed by atoms with Crippen molar-refractivity contribution in [3.8, 4) is 5.75 Å². The smallest absolute Gasteiger partial charge is 0.387 e. The normalized spacial score (nSPS) is 26.9. The lowest BCUT2D eigenvalue weighted by molar-refractivity contribution is -0.219. The summed E-state index contributed by atoms with van der Waals surface area (Å²) in [6, 6.07) is 1.98. The van der Waals surface area contributed by atoms with Crippen LogP contribution in [0.1, 0.15) is 44.6 Å². The van der Waals surface area contributed by atoms with E-state index >= 15 is 0 Å². The molecule has 2 fully saturated rings. The summed E-state index contributed by atoms with van der Waals surface area (Å²) in [7, 11) is 0. The molecule has 0 unspecified atom stereocenters. The Morgan fingerprint density at radius 3 is 1.87 bits per heavy atom. The zero-order chi connectivity index (χ0) is 22.2. The SMILES string of the molecule is CCC[C@H]1CO[C@H](CC[C@H]2CO[C@H](CCc3cc(F)c(OC(F)F)c(F)c3)OC2)OC1. The van der Waals surface area contributed by atoms with Crippen molar-refractivity contribution in [2.45, 2.75) is 64.6 Å². The highest BCUT2D eigenvalue weighted by molar-refractivity contribution is 5.31. The monoisotopic (exact) mass is 450 g/mol. The van der Waals surface area contributed by atoms with Gasteiger partial charge in [0.2, 0.25) is 0 Å². The quantitative estimate of drug-likeness (QED) is 0.467. The van der Waals surface area contributed by atoms with E-state index in [2.05, 4.69) is 11.7 Å². The molecule has 3 rings (SSSR count). The van der Waals surface area contributed by atoms with Gasteiger partial charge in [0.15, 0.2) is 30.0 Å². The van der Waals surface area contributed by atoms with Gasteiger partial charge in [0.05, 0.1) is 26.4 Å². The molecule has 0 atom stereocenters. The average molecular weight is 450 g/mol. The Kier molecular flexibility index (Phi) is 9.37. The molecule has 9 heteroatoms. The van der Waals surface area contributed by atoms with E-state index < -0.39 is 30.3 Å². The molecule has 0 saturated carbocycles. The third kappa shape index (κ3) is 7.59. The first-order valence-electron chi connectivity index (χ1n) is 10.8. The molecule has 0 aliphatic carbocycles. The first-order chi connectivity index (χ1) is 14.9. The summed E-state index contributed by atoms with van der Waals surface area (Å²) in [5.41, 5.74) is 0.318. The molecule has 0 aromatic heterocycles. The number of benzene rings is 1. The lowest BCUT2D eigenvalue weighted by Crippen LogP contribution is -2.35. The van der Waals surface area contributed by atoms with Crippen LogP contribution in [0.15, 0.2) is 12.1 Å². The molecule has 0 radical (unpaired) electrons. The highest BCUT2D eigenvalue weighted by atomic mass is 19.3. The second-order valence-electron chi connectivity index (χ2n) is 8.10. The van der Waals surface area contributed by atoms with E-state index in [0.29, 0.717) is 31.1 Å². The number of aryl methyl sites for hydroxylation is 1. The number of alkyl halides is 2. The molecule has 2 saturated heterocycles. The van der Waals surface area contributed by atoms with E-state index in [0.717, 1.165) is 51.0 Å². The predicted molar refractivity (Wildman–Crippen MR) is 104 cm³/mol. The maximum absolute atomic E-state index is 13.8. The molecule has 2 heterocycles. The Morgan fingerprint density at radius 2 is 1.35 bits per heavy atom. The van der Waals surface area contributed by atoms with Crippen LogP contribution in [-0.4, -0.2) is 45.6 Å². The fourth-order valence-electron chi connectivity index (χ4n) is 3.86. The summed E-state index contributed by atoms with van der Waals surface area (Å²) in [4.78, 5) is 0. The molecule has 0 bridgehead atoms. The topological polar surface area (TPSA) is 46.2 Å².